The van der Waals surface area contributed by atoms with Crippen LogP contribution in [-0.4, -0.2) is 24.3 Å². The lowest BCUT2D eigenvalue weighted by Crippen LogP contribution is -2.09. The number of esters is 1. The number of hydrazone groups is 1. The van der Waals surface area contributed by atoms with Gasteiger partial charge in [-0.1, -0.05) is 52.3 Å². The van der Waals surface area contributed by atoms with Gasteiger partial charge in [0.25, 0.3) is 0 Å². The van der Waals surface area contributed by atoms with E-state index in [-0.39, 0.29) is 0 Å². The van der Waals surface area contributed by atoms with Crippen LogP contribution >= 0.6 is 27.3 Å². The molecule has 0 fully saturated rings. The number of thiazole rings is 1. The molecule has 0 atom stereocenters. The quantitative estimate of drug-likeness (QED) is 0.129. The van der Waals surface area contributed by atoms with Gasteiger partial charge in [0.05, 0.1) is 24.6 Å². The van der Waals surface area contributed by atoms with E-state index in [1.807, 2.05) is 43.3 Å². The highest BCUT2D eigenvalue weighted by Gasteiger charge is 2.13. The van der Waals surface area contributed by atoms with Crippen LogP contribution < -0.4 is 14.9 Å². The average Bonchev–Trinajstić information content (AvgIpc) is 3.20. The number of halogens is 1. The summed E-state index contributed by atoms with van der Waals surface area (Å²) in [5.41, 5.74) is 6.21. The number of nitrogens with zero attached hydrogens (tertiary/aromatic N) is 2. The Kier molecular flexibility index (Phi) is 7.16. The van der Waals surface area contributed by atoms with E-state index in [1.54, 1.807) is 42.6 Å². The predicted octanol–water partition coefficient (Wildman–Crippen LogP) is 6.55. The van der Waals surface area contributed by atoms with Crippen molar-refractivity contribution in [1.29, 1.82) is 0 Å². The second kappa shape index (κ2) is 10.4. The van der Waals surface area contributed by atoms with Gasteiger partial charge in [0.1, 0.15) is 0 Å². The molecule has 4 rings (SSSR count). The summed E-state index contributed by atoms with van der Waals surface area (Å²) in [6, 6.07) is 22.3. The Labute approximate surface area is 204 Å². The summed E-state index contributed by atoms with van der Waals surface area (Å²) in [4.78, 5) is 18.2. The van der Waals surface area contributed by atoms with Crippen molar-refractivity contribution in [2.24, 2.45) is 5.10 Å². The molecule has 0 aliphatic carbocycles. The predicted molar refractivity (Wildman–Crippen MR) is 136 cm³/mol. The molecule has 0 saturated heterocycles. The standard InChI is InChI=1S/C25H20BrN3O3S/c1-16-23(18-7-4-3-5-8-18)28-25(33-16)29-27-15-17-11-12-21(22(13-17)31-2)32-24(30)19-9-6-10-20(26)14-19/h3-15H,1-2H3,(H,28,29)/b27-15-. The highest BCUT2D eigenvalue weighted by atomic mass is 79.9. The Balaban J connectivity index is 1.44. The van der Waals surface area contributed by atoms with Crippen molar-refractivity contribution >= 4 is 44.6 Å². The minimum absolute atomic E-state index is 0.329. The summed E-state index contributed by atoms with van der Waals surface area (Å²) < 4.78 is 11.7. The van der Waals surface area contributed by atoms with Crippen LogP contribution in [0, 0.1) is 6.92 Å². The summed E-state index contributed by atoms with van der Waals surface area (Å²) in [5.74, 6) is 0.292. The van der Waals surface area contributed by atoms with E-state index >= 15 is 0 Å². The van der Waals surface area contributed by atoms with Crippen LogP contribution in [0.3, 0.4) is 0 Å². The molecule has 0 aliphatic rings. The van der Waals surface area contributed by atoms with Gasteiger partial charge in [-0.2, -0.15) is 5.10 Å². The summed E-state index contributed by atoms with van der Waals surface area (Å²) in [5, 5.41) is 4.99. The zero-order chi connectivity index (χ0) is 23.2. The van der Waals surface area contributed by atoms with Gasteiger partial charge < -0.3 is 9.47 Å². The maximum absolute atomic E-state index is 12.4. The maximum atomic E-state index is 12.4. The Bertz CT molecular complexity index is 1310. The number of benzene rings is 3. The van der Waals surface area contributed by atoms with Gasteiger partial charge in [-0.3, -0.25) is 5.43 Å². The smallest absolute Gasteiger partial charge is 0.343 e. The SMILES string of the molecule is COc1cc(/C=N\Nc2nc(-c3ccccc3)c(C)s2)ccc1OC(=O)c1cccc(Br)c1. The molecule has 8 heteroatoms. The number of hydrogen-bond acceptors (Lipinski definition) is 7. The number of ether oxygens (including phenoxy) is 2. The van der Waals surface area contributed by atoms with Crippen molar-refractivity contribution in [3.8, 4) is 22.8 Å². The fraction of sp³-hybridized carbons (Fsp3) is 0.0800. The normalized spacial score (nSPS) is 10.9. The van der Waals surface area contributed by atoms with Gasteiger partial charge >= 0.3 is 5.97 Å². The number of hydrogen-bond donors (Lipinski definition) is 1. The van der Waals surface area contributed by atoms with Crippen LogP contribution in [0.4, 0.5) is 5.13 Å². The monoisotopic (exact) mass is 521 g/mol. The van der Waals surface area contributed by atoms with E-state index in [0.29, 0.717) is 22.2 Å². The number of nitrogens with one attached hydrogen (secondary N) is 1. The van der Waals surface area contributed by atoms with Crippen LogP contribution in [-0.2, 0) is 0 Å². The lowest BCUT2D eigenvalue weighted by molar-refractivity contribution is 0.0729. The van der Waals surface area contributed by atoms with E-state index in [9.17, 15) is 4.79 Å². The van der Waals surface area contributed by atoms with Gasteiger partial charge in [0.2, 0.25) is 5.13 Å². The average molecular weight is 522 g/mol. The molecule has 0 amide bonds. The van der Waals surface area contributed by atoms with E-state index in [4.69, 9.17) is 9.47 Å². The molecule has 0 radical (unpaired) electrons. The van der Waals surface area contributed by atoms with Crippen LogP contribution in [0.15, 0.2) is 82.4 Å². The Morgan fingerprint density at radius 1 is 1.06 bits per heavy atom. The van der Waals surface area contributed by atoms with Gasteiger partial charge in [-0.15, -0.1) is 11.3 Å². The number of anilines is 1. The number of methoxy groups -OCH3 is 1. The fourth-order valence-electron chi connectivity index (χ4n) is 3.09. The molecule has 0 spiro atoms. The highest BCUT2D eigenvalue weighted by Crippen LogP contribution is 2.31. The number of aryl methyl sites for hydroxylation is 1. The van der Waals surface area contributed by atoms with Crippen molar-refractivity contribution in [2.75, 3.05) is 12.5 Å². The minimum atomic E-state index is -0.467. The van der Waals surface area contributed by atoms with Crippen molar-refractivity contribution < 1.29 is 14.3 Å². The number of carbonyl (C=O) groups excluding carboxylic acids is 1. The Morgan fingerprint density at radius 2 is 1.88 bits per heavy atom. The molecule has 1 aromatic heterocycles. The van der Waals surface area contributed by atoms with Crippen LogP contribution in [0.2, 0.25) is 0 Å². The molecule has 1 N–H and O–H groups in total. The third-order valence-electron chi connectivity index (χ3n) is 4.67. The first-order valence-corrected chi connectivity index (χ1v) is 11.6. The lowest BCUT2D eigenvalue weighted by atomic mass is 10.1. The zero-order valence-corrected chi connectivity index (χ0v) is 20.3. The molecule has 3 aromatic carbocycles. The highest BCUT2D eigenvalue weighted by molar-refractivity contribution is 9.10. The summed E-state index contributed by atoms with van der Waals surface area (Å²) in [6.07, 6.45) is 1.65. The maximum Gasteiger partial charge on any atom is 0.343 e. The fourth-order valence-corrected chi connectivity index (χ4v) is 4.28. The van der Waals surface area contributed by atoms with Crippen LogP contribution in [0.25, 0.3) is 11.3 Å². The summed E-state index contributed by atoms with van der Waals surface area (Å²) >= 11 is 4.89. The van der Waals surface area contributed by atoms with Crippen molar-refractivity contribution in [3.05, 3.63) is 93.3 Å². The third-order valence-corrected chi connectivity index (χ3v) is 6.04. The summed E-state index contributed by atoms with van der Waals surface area (Å²) in [7, 11) is 1.52. The third kappa shape index (κ3) is 5.66. The first kappa shape index (κ1) is 22.7. The summed E-state index contributed by atoms with van der Waals surface area (Å²) in [6.45, 7) is 2.04. The van der Waals surface area contributed by atoms with Gasteiger partial charge in [-0.25, -0.2) is 9.78 Å². The molecule has 33 heavy (non-hydrogen) atoms. The second-order valence-corrected chi connectivity index (χ2v) is 9.09. The molecule has 0 unspecified atom stereocenters. The van der Waals surface area contributed by atoms with E-state index in [0.717, 1.165) is 26.2 Å². The molecule has 6 nitrogen and oxygen atoms in total. The molecule has 0 aliphatic heterocycles. The Hall–Kier alpha value is -3.49. The van der Waals surface area contributed by atoms with Crippen molar-refractivity contribution in [1.82, 2.24) is 4.98 Å². The van der Waals surface area contributed by atoms with Crippen molar-refractivity contribution in [2.45, 2.75) is 6.92 Å². The molecule has 0 saturated carbocycles. The molecule has 0 bridgehead atoms. The largest absolute Gasteiger partial charge is 0.493 e. The van der Waals surface area contributed by atoms with E-state index in [2.05, 4.69) is 31.4 Å². The molecule has 1 heterocycles. The van der Waals surface area contributed by atoms with Gasteiger partial charge in [0.15, 0.2) is 11.5 Å². The van der Waals surface area contributed by atoms with Crippen molar-refractivity contribution in [3.63, 3.8) is 0 Å². The van der Waals surface area contributed by atoms with Gasteiger partial charge in [-0.05, 0) is 48.9 Å². The van der Waals surface area contributed by atoms with Crippen LogP contribution in [0.5, 0.6) is 11.5 Å². The van der Waals surface area contributed by atoms with Crippen LogP contribution in [0.1, 0.15) is 20.8 Å². The molecular formula is C25H20BrN3O3S. The molecule has 4 aromatic rings. The lowest BCUT2D eigenvalue weighted by Gasteiger charge is -2.10. The number of carbonyl (C=O) groups is 1. The van der Waals surface area contributed by atoms with E-state index in [1.165, 1.54) is 18.4 Å². The second-order valence-electron chi connectivity index (χ2n) is 6.97. The molecule has 166 valence electrons. The van der Waals surface area contributed by atoms with Gasteiger partial charge in [0, 0.05) is 14.9 Å². The molecular weight excluding hydrogens is 502 g/mol. The number of aromatic nitrogens is 1. The first-order valence-electron chi connectivity index (χ1n) is 10.0. The zero-order valence-electron chi connectivity index (χ0n) is 17.9. The van der Waals surface area contributed by atoms with E-state index < -0.39 is 5.97 Å². The Morgan fingerprint density at radius 3 is 2.64 bits per heavy atom. The first-order chi connectivity index (χ1) is 16.0. The topological polar surface area (TPSA) is 72.8 Å². The minimum Gasteiger partial charge on any atom is -0.493 e. The number of rotatable bonds is 7.